The van der Waals surface area contributed by atoms with Gasteiger partial charge in [0.15, 0.2) is 0 Å². The summed E-state index contributed by atoms with van der Waals surface area (Å²) in [6.45, 7) is 0. The van der Waals surface area contributed by atoms with E-state index in [1.54, 1.807) is 12.5 Å². The van der Waals surface area contributed by atoms with Crippen molar-refractivity contribution >= 4 is 10.1 Å². The van der Waals surface area contributed by atoms with E-state index in [1.165, 1.54) is 0 Å². The lowest BCUT2D eigenvalue weighted by Gasteiger charge is -1.50. The van der Waals surface area contributed by atoms with E-state index in [9.17, 15) is 0 Å². The fourth-order valence-corrected chi connectivity index (χ4v) is 0.227. The Bertz CT molecular complexity index is 76.6. The number of furan rings is 1. The lowest BCUT2D eigenvalue weighted by Crippen LogP contribution is -1.16. The van der Waals surface area contributed by atoms with Crippen molar-refractivity contribution in [3.63, 3.8) is 0 Å². The topological polar surface area (TPSA) is 30.2 Å². The van der Waals surface area contributed by atoms with Crippen molar-refractivity contribution in [1.29, 1.82) is 0 Å². The zero-order valence-corrected chi connectivity index (χ0v) is 5.25. The molecule has 0 atom stereocenters. The van der Waals surface area contributed by atoms with Gasteiger partial charge in [-0.2, -0.15) is 0 Å². The fraction of sp³-hybridized carbons (Fsp3) is 0. The van der Waals surface area contributed by atoms with Gasteiger partial charge in [0.1, 0.15) is 0 Å². The SMILES string of the molecule is O=[SiH2].c1ccoc1. The third-order valence-electron chi connectivity index (χ3n) is 0.425. The van der Waals surface area contributed by atoms with Gasteiger partial charge in [-0.15, -0.1) is 0 Å². The van der Waals surface area contributed by atoms with Crippen molar-refractivity contribution in [3.8, 4) is 0 Å². The molecule has 0 radical (unpaired) electrons. The first-order valence-corrected chi connectivity index (χ1v) is 2.34. The second-order valence-electron chi connectivity index (χ2n) is 0.793. The van der Waals surface area contributed by atoms with Gasteiger partial charge in [-0.3, -0.25) is 0 Å². The molecule has 3 heteroatoms. The molecule has 0 unspecified atom stereocenters. The molecule has 0 aliphatic rings. The highest BCUT2D eigenvalue weighted by atomic mass is 28.1. The molecular weight excluding hydrogens is 108 g/mol. The first-order chi connectivity index (χ1) is 3.50. The highest BCUT2D eigenvalue weighted by Crippen LogP contribution is 1.79. The van der Waals surface area contributed by atoms with Crippen LogP contribution in [0.5, 0.6) is 0 Å². The van der Waals surface area contributed by atoms with Crippen molar-refractivity contribution in [3.05, 3.63) is 24.7 Å². The zero-order chi connectivity index (χ0) is 5.54. The van der Waals surface area contributed by atoms with E-state index in [0.717, 1.165) is 0 Å². The van der Waals surface area contributed by atoms with Crippen LogP contribution in [-0.4, -0.2) is 10.1 Å². The second-order valence-corrected chi connectivity index (χ2v) is 0.793. The summed E-state index contributed by atoms with van der Waals surface area (Å²) in [6, 6.07) is 3.67. The quantitative estimate of drug-likeness (QED) is 0.452. The first-order valence-electron chi connectivity index (χ1n) is 1.76. The van der Waals surface area contributed by atoms with Gasteiger partial charge in [-0.25, -0.2) is 0 Å². The molecule has 7 heavy (non-hydrogen) atoms. The van der Waals surface area contributed by atoms with Crippen molar-refractivity contribution in [1.82, 2.24) is 0 Å². The van der Waals surface area contributed by atoms with E-state index in [-0.39, 0.29) is 0 Å². The van der Waals surface area contributed by atoms with Gasteiger partial charge in [0.2, 0.25) is 10.1 Å². The molecule has 0 aliphatic carbocycles. The second kappa shape index (κ2) is 5.30. The van der Waals surface area contributed by atoms with Crippen LogP contribution in [0.15, 0.2) is 29.1 Å². The minimum Gasteiger partial charge on any atom is -0.473 e. The van der Waals surface area contributed by atoms with Crippen LogP contribution in [0.1, 0.15) is 0 Å². The van der Waals surface area contributed by atoms with Gasteiger partial charge >= 0.3 is 0 Å². The molecule has 0 saturated heterocycles. The molecule has 0 N–H and O–H groups in total. The van der Waals surface area contributed by atoms with Crippen LogP contribution in [0.4, 0.5) is 0 Å². The molecule has 1 aromatic rings. The minimum absolute atomic E-state index is 0.611. The Balaban J connectivity index is 0.000000162. The third-order valence-corrected chi connectivity index (χ3v) is 0.425. The van der Waals surface area contributed by atoms with E-state index in [1.807, 2.05) is 12.1 Å². The largest absolute Gasteiger partial charge is 0.473 e. The Labute approximate surface area is 44.6 Å². The summed E-state index contributed by atoms with van der Waals surface area (Å²) in [4.78, 5) is 0. The molecule has 0 amide bonds. The van der Waals surface area contributed by atoms with Crippen LogP contribution in [-0.2, 0) is 4.46 Å². The standard InChI is InChI=1S/C4H4O.H2OSi/c1-2-4-5-3-1;1-2/h1-4H;2H2. The van der Waals surface area contributed by atoms with Crippen LogP contribution in [0.25, 0.3) is 0 Å². The van der Waals surface area contributed by atoms with Crippen LogP contribution < -0.4 is 0 Å². The molecular formula is C4H6O2Si. The maximum absolute atomic E-state index is 8.28. The summed E-state index contributed by atoms with van der Waals surface area (Å²) < 4.78 is 12.9. The predicted octanol–water partition coefficient (Wildman–Crippen LogP) is 0.245. The fourth-order valence-electron chi connectivity index (χ4n) is 0.227. The van der Waals surface area contributed by atoms with Gasteiger partial charge < -0.3 is 8.88 Å². The molecule has 1 aromatic heterocycles. The van der Waals surface area contributed by atoms with Crippen LogP contribution in [0.3, 0.4) is 0 Å². The summed E-state index contributed by atoms with van der Waals surface area (Å²) in [7, 11) is 0.611. The van der Waals surface area contributed by atoms with Gasteiger partial charge in [0.05, 0.1) is 12.5 Å². The van der Waals surface area contributed by atoms with E-state index < -0.39 is 0 Å². The molecule has 0 aromatic carbocycles. The molecule has 0 fully saturated rings. The molecule has 1 rings (SSSR count). The number of hydrogen-bond acceptors (Lipinski definition) is 2. The van der Waals surface area contributed by atoms with Gasteiger partial charge in [-0.1, -0.05) is 0 Å². The van der Waals surface area contributed by atoms with Crippen molar-refractivity contribution in [2.75, 3.05) is 0 Å². The molecule has 38 valence electrons. The van der Waals surface area contributed by atoms with Crippen LogP contribution in [0.2, 0.25) is 0 Å². The van der Waals surface area contributed by atoms with Gasteiger partial charge in [-0.05, 0) is 12.1 Å². The van der Waals surface area contributed by atoms with E-state index in [4.69, 9.17) is 4.46 Å². The van der Waals surface area contributed by atoms with E-state index >= 15 is 0 Å². The predicted molar refractivity (Wildman–Crippen MR) is 27.9 cm³/mol. The monoisotopic (exact) mass is 114 g/mol. The highest BCUT2D eigenvalue weighted by Gasteiger charge is 1.58. The molecule has 0 spiro atoms. The Morgan fingerprint density at radius 2 is 1.57 bits per heavy atom. The highest BCUT2D eigenvalue weighted by molar-refractivity contribution is 5.85. The molecule has 0 aliphatic heterocycles. The smallest absolute Gasteiger partial charge is 0.245 e. The Morgan fingerprint density at radius 3 is 1.71 bits per heavy atom. The summed E-state index contributed by atoms with van der Waals surface area (Å²) in [5.74, 6) is 0. The Morgan fingerprint density at radius 1 is 1.14 bits per heavy atom. The van der Waals surface area contributed by atoms with Crippen LogP contribution >= 0.6 is 0 Å². The van der Waals surface area contributed by atoms with Crippen LogP contribution in [0, 0.1) is 0 Å². The molecule has 0 saturated carbocycles. The van der Waals surface area contributed by atoms with Gasteiger partial charge in [0.25, 0.3) is 0 Å². The van der Waals surface area contributed by atoms with Crippen molar-refractivity contribution < 1.29 is 8.88 Å². The lowest BCUT2D eigenvalue weighted by atomic mass is 10.7. The molecule has 0 bridgehead atoms. The maximum Gasteiger partial charge on any atom is 0.245 e. The van der Waals surface area contributed by atoms with E-state index in [2.05, 4.69) is 4.42 Å². The third kappa shape index (κ3) is 3.12. The summed E-state index contributed by atoms with van der Waals surface area (Å²) >= 11 is 0. The Kier molecular flexibility index (Phi) is 4.76. The molecule has 2 nitrogen and oxygen atoms in total. The normalized spacial score (nSPS) is 6.29. The maximum atomic E-state index is 8.28. The summed E-state index contributed by atoms with van der Waals surface area (Å²) in [5.41, 5.74) is 0. The lowest BCUT2D eigenvalue weighted by molar-refractivity contribution is 0.567. The first kappa shape index (κ1) is 6.30. The average Bonchev–Trinajstić information content (AvgIpc) is 2.23. The average molecular weight is 114 g/mol. The summed E-state index contributed by atoms with van der Waals surface area (Å²) in [5, 5.41) is 0. The molecule has 1 heterocycles. The number of rotatable bonds is 0. The summed E-state index contributed by atoms with van der Waals surface area (Å²) in [6.07, 6.45) is 3.25. The van der Waals surface area contributed by atoms with E-state index in [0.29, 0.717) is 10.1 Å². The zero-order valence-electron chi connectivity index (χ0n) is 3.83. The Hall–Kier alpha value is -0.703. The van der Waals surface area contributed by atoms with Crippen molar-refractivity contribution in [2.24, 2.45) is 0 Å². The van der Waals surface area contributed by atoms with Gasteiger partial charge in [0, 0.05) is 0 Å². The number of hydrogen-bond donors (Lipinski definition) is 0. The minimum atomic E-state index is 0.611. The van der Waals surface area contributed by atoms with Crippen molar-refractivity contribution in [2.45, 2.75) is 0 Å².